The normalized spacial score (nSPS) is 30.8. The molecule has 1 N–H and O–H groups in total. The summed E-state index contributed by atoms with van der Waals surface area (Å²) in [4.78, 5) is 15.6. The molecule has 3 rings (SSSR count). The lowest BCUT2D eigenvalue weighted by molar-refractivity contribution is -0.120. The van der Waals surface area contributed by atoms with Crippen LogP contribution < -0.4 is 5.32 Å². The van der Waals surface area contributed by atoms with Gasteiger partial charge in [0.1, 0.15) is 0 Å². The van der Waals surface area contributed by atoms with Gasteiger partial charge in [0.05, 0.1) is 6.42 Å². The molecule has 1 amide bonds. The van der Waals surface area contributed by atoms with Crippen molar-refractivity contribution in [1.82, 2.24) is 15.5 Å². The van der Waals surface area contributed by atoms with Gasteiger partial charge in [-0.2, -0.15) is 4.98 Å². The number of nitrogens with one attached hydrogen (secondary N) is 1. The molecule has 1 aromatic heterocycles. The molecular formula is C12H17N3O2. The van der Waals surface area contributed by atoms with Crippen molar-refractivity contribution >= 4 is 5.91 Å². The molecule has 1 aromatic rings. The highest BCUT2D eigenvalue weighted by Crippen LogP contribution is 2.52. The van der Waals surface area contributed by atoms with Crippen molar-refractivity contribution in [3.63, 3.8) is 0 Å². The maximum absolute atomic E-state index is 11.2. The van der Waals surface area contributed by atoms with Crippen LogP contribution in [0.4, 0.5) is 0 Å². The number of nitrogens with zero attached hydrogens (tertiary/aromatic N) is 2. The van der Waals surface area contributed by atoms with E-state index in [9.17, 15) is 4.79 Å². The van der Waals surface area contributed by atoms with E-state index in [1.807, 2.05) is 0 Å². The fourth-order valence-electron chi connectivity index (χ4n) is 3.27. The summed E-state index contributed by atoms with van der Waals surface area (Å²) in [5.41, 5.74) is 0. The molecule has 0 aromatic carbocycles. The molecule has 0 spiro atoms. The number of amides is 1. The lowest BCUT2D eigenvalue weighted by Gasteiger charge is -2.16. The number of carbonyl (C=O) groups excluding carboxylic acids is 1. The van der Waals surface area contributed by atoms with Gasteiger partial charge in [0, 0.05) is 13.0 Å². The van der Waals surface area contributed by atoms with Gasteiger partial charge in [-0.05, 0) is 31.1 Å². The Kier molecular flexibility index (Phi) is 2.61. The first kappa shape index (κ1) is 10.7. The summed E-state index contributed by atoms with van der Waals surface area (Å²) >= 11 is 0. The Bertz CT molecular complexity index is 429. The number of rotatable bonds is 3. The molecule has 17 heavy (non-hydrogen) atoms. The molecule has 92 valence electrons. The number of hydrogen-bond donors (Lipinski definition) is 1. The average Bonchev–Trinajstić information content (AvgIpc) is 3.03. The first-order valence-corrected chi connectivity index (χ1v) is 6.29. The highest BCUT2D eigenvalue weighted by Gasteiger charge is 2.42. The molecule has 2 bridgehead atoms. The monoisotopic (exact) mass is 235 g/mol. The highest BCUT2D eigenvalue weighted by atomic mass is 16.5. The van der Waals surface area contributed by atoms with Crippen LogP contribution in [-0.4, -0.2) is 23.1 Å². The lowest BCUT2D eigenvalue weighted by Crippen LogP contribution is -2.20. The molecule has 2 aliphatic carbocycles. The maximum atomic E-state index is 11.2. The number of carbonyl (C=O) groups is 1. The SMILES string of the molecule is CNC(=O)Cc1noc([C@H]2C[C@H]3CC[C@H]2C3)n1. The fraction of sp³-hybridized carbons (Fsp3) is 0.750. The van der Waals surface area contributed by atoms with E-state index in [0.717, 1.165) is 17.7 Å². The predicted molar refractivity (Wildman–Crippen MR) is 60.3 cm³/mol. The molecule has 2 fully saturated rings. The molecule has 5 heteroatoms. The van der Waals surface area contributed by atoms with Crippen LogP contribution in [0.25, 0.3) is 0 Å². The third-order valence-electron chi connectivity index (χ3n) is 4.14. The van der Waals surface area contributed by atoms with E-state index in [0.29, 0.717) is 11.7 Å². The number of fused-ring (bicyclic) bond motifs is 2. The van der Waals surface area contributed by atoms with Gasteiger partial charge in [-0.3, -0.25) is 4.79 Å². The molecule has 2 saturated carbocycles. The number of aromatic nitrogens is 2. The summed E-state index contributed by atoms with van der Waals surface area (Å²) in [6, 6.07) is 0. The Morgan fingerprint density at radius 3 is 3.00 bits per heavy atom. The van der Waals surface area contributed by atoms with Gasteiger partial charge < -0.3 is 9.84 Å². The number of likely N-dealkylation sites (N-methyl/N-ethyl adjacent to an activating group) is 1. The Morgan fingerprint density at radius 2 is 2.35 bits per heavy atom. The van der Waals surface area contributed by atoms with E-state index in [2.05, 4.69) is 15.5 Å². The van der Waals surface area contributed by atoms with E-state index in [-0.39, 0.29) is 12.3 Å². The van der Waals surface area contributed by atoms with E-state index in [1.165, 1.54) is 25.7 Å². The quantitative estimate of drug-likeness (QED) is 0.856. The average molecular weight is 235 g/mol. The van der Waals surface area contributed by atoms with Crippen molar-refractivity contribution in [2.45, 2.75) is 38.0 Å². The topological polar surface area (TPSA) is 68.0 Å². The second-order valence-electron chi connectivity index (χ2n) is 5.18. The molecule has 0 radical (unpaired) electrons. The van der Waals surface area contributed by atoms with Gasteiger partial charge in [-0.25, -0.2) is 0 Å². The summed E-state index contributed by atoms with van der Waals surface area (Å²) in [5.74, 6) is 3.20. The Labute approximate surface area is 100.0 Å². The molecular weight excluding hydrogens is 218 g/mol. The third kappa shape index (κ3) is 1.94. The second kappa shape index (κ2) is 4.13. The van der Waals surface area contributed by atoms with Gasteiger partial charge in [0.15, 0.2) is 5.82 Å². The van der Waals surface area contributed by atoms with Crippen LogP contribution in [0.5, 0.6) is 0 Å². The smallest absolute Gasteiger partial charge is 0.230 e. The molecule has 2 aliphatic rings. The first-order valence-electron chi connectivity index (χ1n) is 6.29. The van der Waals surface area contributed by atoms with Gasteiger partial charge in [0.2, 0.25) is 11.8 Å². The molecule has 0 unspecified atom stereocenters. The minimum Gasteiger partial charge on any atom is -0.359 e. The van der Waals surface area contributed by atoms with Gasteiger partial charge in [-0.15, -0.1) is 0 Å². The minimum atomic E-state index is -0.0784. The summed E-state index contributed by atoms with van der Waals surface area (Å²) < 4.78 is 5.31. The zero-order valence-corrected chi connectivity index (χ0v) is 9.98. The van der Waals surface area contributed by atoms with Crippen LogP contribution >= 0.6 is 0 Å². The number of hydrogen-bond acceptors (Lipinski definition) is 4. The molecule has 3 atom stereocenters. The van der Waals surface area contributed by atoms with E-state index in [1.54, 1.807) is 7.05 Å². The van der Waals surface area contributed by atoms with Crippen molar-refractivity contribution in [2.24, 2.45) is 11.8 Å². The van der Waals surface area contributed by atoms with E-state index >= 15 is 0 Å². The van der Waals surface area contributed by atoms with Crippen molar-refractivity contribution in [1.29, 1.82) is 0 Å². The largest absolute Gasteiger partial charge is 0.359 e. The standard InChI is InChI=1S/C12H17N3O2/c1-13-11(16)6-10-14-12(17-15-10)9-5-7-2-3-8(9)4-7/h7-9H,2-6H2,1H3,(H,13,16)/t7-,8-,9-/m0/s1. The van der Waals surface area contributed by atoms with Gasteiger partial charge in [-0.1, -0.05) is 11.6 Å². The van der Waals surface area contributed by atoms with Crippen LogP contribution in [-0.2, 0) is 11.2 Å². The van der Waals surface area contributed by atoms with E-state index in [4.69, 9.17) is 4.52 Å². The van der Waals surface area contributed by atoms with Crippen LogP contribution in [0.3, 0.4) is 0 Å². The molecule has 1 heterocycles. The Hall–Kier alpha value is -1.39. The van der Waals surface area contributed by atoms with Crippen LogP contribution in [0.15, 0.2) is 4.52 Å². The van der Waals surface area contributed by atoms with E-state index < -0.39 is 0 Å². The Balaban J connectivity index is 1.70. The summed E-state index contributed by atoms with van der Waals surface area (Å²) in [6.07, 6.45) is 5.37. The van der Waals surface area contributed by atoms with Crippen molar-refractivity contribution in [2.75, 3.05) is 7.05 Å². The molecule has 0 saturated heterocycles. The van der Waals surface area contributed by atoms with Crippen molar-refractivity contribution < 1.29 is 9.32 Å². The maximum Gasteiger partial charge on any atom is 0.230 e. The minimum absolute atomic E-state index is 0.0784. The zero-order chi connectivity index (χ0) is 11.8. The zero-order valence-electron chi connectivity index (χ0n) is 9.98. The predicted octanol–water partition coefficient (Wildman–Crippen LogP) is 1.26. The Morgan fingerprint density at radius 1 is 1.47 bits per heavy atom. The molecule has 0 aliphatic heterocycles. The summed E-state index contributed by atoms with van der Waals surface area (Å²) in [5, 5.41) is 6.44. The highest BCUT2D eigenvalue weighted by molar-refractivity contribution is 5.77. The third-order valence-corrected chi connectivity index (χ3v) is 4.14. The van der Waals surface area contributed by atoms with Crippen LogP contribution in [0, 0.1) is 11.8 Å². The lowest BCUT2D eigenvalue weighted by atomic mass is 9.89. The first-order chi connectivity index (χ1) is 8.26. The van der Waals surface area contributed by atoms with Crippen molar-refractivity contribution in [3.05, 3.63) is 11.7 Å². The van der Waals surface area contributed by atoms with Crippen LogP contribution in [0.2, 0.25) is 0 Å². The van der Waals surface area contributed by atoms with Gasteiger partial charge in [0.25, 0.3) is 0 Å². The van der Waals surface area contributed by atoms with Crippen LogP contribution in [0.1, 0.15) is 43.3 Å². The summed E-state index contributed by atoms with van der Waals surface area (Å²) in [7, 11) is 1.61. The fourth-order valence-corrected chi connectivity index (χ4v) is 3.27. The summed E-state index contributed by atoms with van der Waals surface area (Å²) in [6.45, 7) is 0. The molecule has 5 nitrogen and oxygen atoms in total. The second-order valence-corrected chi connectivity index (χ2v) is 5.18. The van der Waals surface area contributed by atoms with Crippen molar-refractivity contribution in [3.8, 4) is 0 Å². The van der Waals surface area contributed by atoms with Gasteiger partial charge >= 0.3 is 0 Å².